The molecule has 3 atom stereocenters. The molecule has 21 heavy (non-hydrogen) atoms. The quantitative estimate of drug-likeness (QED) is 0.140. The molecule has 1 heterocycles. The molecule has 0 saturated carbocycles. The van der Waals surface area contributed by atoms with Crippen LogP contribution in [0.5, 0.6) is 0 Å². The number of nitrogens with zero attached hydrogens (tertiary/aromatic N) is 1. The highest BCUT2D eigenvalue weighted by molar-refractivity contribution is 7.74. The van der Waals surface area contributed by atoms with E-state index in [0.717, 1.165) is 10.9 Å². The third kappa shape index (κ3) is 4.04. The minimum atomic E-state index is -5.81. The molecular weight excluding hydrogens is 332 g/mol. The van der Waals surface area contributed by atoms with Crippen molar-refractivity contribution in [3.05, 3.63) is 18.7 Å². The summed E-state index contributed by atoms with van der Waals surface area (Å²) in [4.78, 5) is 58.7. The molecule has 0 amide bonds. The second-order valence-electron chi connectivity index (χ2n) is 3.83. The highest BCUT2D eigenvalue weighted by Gasteiger charge is 2.64. The van der Waals surface area contributed by atoms with Crippen molar-refractivity contribution in [2.24, 2.45) is 5.73 Å². The summed E-state index contributed by atoms with van der Waals surface area (Å²) in [6, 6.07) is 0. The lowest BCUT2D eigenvalue weighted by Gasteiger charge is -2.38. The molecule has 120 valence electrons. The summed E-state index contributed by atoms with van der Waals surface area (Å²) in [5.74, 6) is -1.29. The number of carbonyl (C=O) groups excluding carboxylic acids is 1. The van der Waals surface area contributed by atoms with Gasteiger partial charge in [-0.15, -0.1) is 0 Å². The van der Waals surface area contributed by atoms with E-state index in [-0.39, 0.29) is 0 Å². The van der Waals surface area contributed by atoms with Gasteiger partial charge in [-0.2, -0.15) is 0 Å². The number of nitrogens with two attached hydrogens (primary N) is 1. The van der Waals surface area contributed by atoms with Crippen molar-refractivity contribution in [3.8, 4) is 0 Å². The topological polar surface area (TPSA) is 205 Å². The maximum atomic E-state index is 11.8. The van der Waals surface area contributed by atoms with Crippen LogP contribution in [0.3, 0.4) is 0 Å². The molecule has 0 fully saturated rings. The van der Waals surface area contributed by atoms with E-state index in [1.54, 1.807) is 0 Å². The lowest BCUT2D eigenvalue weighted by molar-refractivity contribution is -0.703. The van der Waals surface area contributed by atoms with Gasteiger partial charge in [0.15, 0.2) is 6.54 Å². The number of aromatic nitrogens is 2. The highest BCUT2D eigenvalue weighted by Crippen LogP contribution is 2.70. The smallest absolute Gasteiger partial charge is 0.360 e. The highest BCUT2D eigenvalue weighted by atomic mass is 31.3. The predicted octanol–water partition coefficient (Wildman–Crippen LogP) is -3.96. The Kier molecular flexibility index (Phi) is 5.56. The van der Waals surface area contributed by atoms with Gasteiger partial charge in [0, 0.05) is 4.67 Å². The third-order valence-corrected chi connectivity index (χ3v) is 6.19. The van der Waals surface area contributed by atoms with Crippen LogP contribution in [0.15, 0.2) is 18.7 Å². The molecule has 1 aromatic rings. The Hall–Kier alpha value is -0.940. The SMILES string of the molecule is NCC(=O)OO[P+]([O-])(O)C(O)(C[n+]1cc[nH]c1)P(=O)([O-])O. The number of aliphatic hydroxyl groups is 1. The molecular formula is C7H13N3O9P2. The normalized spacial score (nSPS) is 20.1. The Morgan fingerprint density at radius 3 is 2.67 bits per heavy atom. The zero-order valence-electron chi connectivity index (χ0n) is 10.4. The maximum absolute atomic E-state index is 11.8. The van der Waals surface area contributed by atoms with E-state index in [0.29, 0.717) is 0 Å². The van der Waals surface area contributed by atoms with E-state index in [1.807, 2.05) is 0 Å². The molecule has 0 bridgehead atoms. The van der Waals surface area contributed by atoms with Crippen molar-refractivity contribution in [2.45, 2.75) is 11.6 Å². The van der Waals surface area contributed by atoms with Crippen molar-refractivity contribution in [1.29, 1.82) is 0 Å². The van der Waals surface area contributed by atoms with Gasteiger partial charge in [0.25, 0.3) is 0 Å². The number of hydrogen-bond donors (Lipinski definition) is 5. The number of hydrogen-bond acceptors (Lipinski definition) is 9. The Morgan fingerprint density at radius 1 is 1.62 bits per heavy atom. The molecule has 0 radical (unpaired) electrons. The summed E-state index contributed by atoms with van der Waals surface area (Å²) in [6.45, 7) is -1.79. The van der Waals surface area contributed by atoms with Gasteiger partial charge in [0.2, 0.25) is 13.9 Å². The largest absolute Gasteiger partial charge is 0.774 e. The fraction of sp³-hybridized carbons (Fsp3) is 0.429. The predicted molar refractivity (Wildman–Crippen MR) is 61.1 cm³/mol. The van der Waals surface area contributed by atoms with E-state index in [4.69, 9.17) is 10.6 Å². The van der Waals surface area contributed by atoms with Crippen LogP contribution in [0.1, 0.15) is 0 Å². The minimum absolute atomic E-state index is 0.723. The first kappa shape index (κ1) is 18.1. The molecule has 0 aliphatic rings. The van der Waals surface area contributed by atoms with Crippen molar-refractivity contribution < 1.29 is 48.2 Å². The van der Waals surface area contributed by atoms with Crippen LogP contribution in [0.25, 0.3) is 0 Å². The van der Waals surface area contributed by atoms with E-state index in [2.05, 4.69) is 14.5 Å². The second-order valence-corrected chi connectivity index (χ2v) is 7.90. The third-order valence-electron chi connectivity index (χ3n) is 2.30. The first-order valence-corrected chi connectivity index (χ1v) is 8.39. The van der Waals surface area contributed by atoms with Crippen LogP contribution < -0.4 is 20.1 Å². The van der Waals surface area contributed by atoms with E-state index >= 15 is 0 Å². The standard InChI is InChI=1S/C7H13N3O9P2/c8-3-6(11)18-19-21(16,17)7(12,20(13,14)15)4-10-2-1-9-5-10/h1-2,5,12H,3-4,8H2,(H3,13,14,15,16,17). The van der Waals surface area contributed by atoms with Gasteiger partial charge in [0.1, 0.15) is 12.4 Å². The van der Waals surface area contributed by atoms with Gasteiger partial charge in [-0.05, 0) is 0 Å². The number of H-pyrrole nitrogens is 1. The zero-order chi connectivity index (χ0) is 16.3. The minimum Gasteiger partial charge on any atom is -0.774 e. The van der Waals surface area contributed by atoms with Gasteiger partial charge in [-0.25, -0.2) is 14.3 Å². The molecule has 0 spiro atoms. The first-order valence-electron chi connectivity index (χ1n) is 5.23. The number of rotatable bonds is 7. The summed E-state index contributed by atoms with van der Waals surface area (Å²) in [5, 5.41) is 6.27. The van der Waals surface area contributed by atoms with Crippen LogP contribution in [-0.2, 0) is 25.5 Å². The number of aromatic amines is 1. The van der Waals surface area contributed by atoms with Crippen LogP contribution in [0, 0.1) is 0 Å². The number of carbonyl (C=O) groups is 1. The van der Waals surface area contributed by atoms with Gasteiger partial charge in [-0.1, -0.05) is 0 Å². The summed E-state index contributed by atoms with van der Waals surface area (Å²) >= 11 is 0. The van der Waals surface area contributed by atoms with Gasteiger partial charge in [0.05, 0.1) is 6.54 Å². The summed E-state index contributed by atoms with van der Waals surface area (Å²) < 4.78 is 16.0. The van der Waals surface area contributed by atoms with E-state index in [1.165, 1.54) is 12.4 Å². The summed E-state index contributed by atoms with van der Waals surface area (Å²) in [6.07, 6.45) is 3.64. The fourth-order valence-corrected chi connectivity index (χ4v) is 3.55. The van der Waals surface area contributed by atoms with E-state index < -0.39 is 39.7 Å². The van der Waals surface area contributed by atoms with Crippen molar-refractivity contribution in [2.75, 3.05) is 6.54 Å². The Morgan fingerprint density at radius 2 is 2.24 bits per heavy atom. The number of nitrogens with one attached hydrogen (secondary N) is 1. The van der Waals surface area contributed by atoms with Crippen LogP contribution in [0.2, 0.25) is 0 Å². The van der Waals surface area contributed by atoms with Gasteiger partial charge < -0.3 is 30.1 Å². The molecule has 14 heteroatoms. The van der Waals surface area contributed by atoms with Crippen LogP contribution in [0.4, 0.5) is 0 Å². The average Bonchev–Trinajstić information content (AvgIpc) is 2.87. The van der Waals surface area contributed by atoms with Crippen molar-refractivity contribution in [3.63, 3.8) is 0 Å². The van der Waals surface area contributed by atoms with E-state index in [9.17, 15) is 29.1 Å². The molecule has 1 rings (SSSR count). The Balaban J connectivity index is 3.06. The van der Waals surface area contributed by atoms with Crippen molar-refractivity contribution in [1.82, 2.24) is 4.98 Å². The average molecular weight is 345 g/mol. The number of imidazole rings is 1. The Labute approximate surface area is 118 Å². The molecule has 0 aromatic carbocycles. The van der Waals surface area contributed by atoms with Crippen molar-refractivity contribution >= 4 is 21.5 Å². The Bertz CT molecular complexity index is 529. The van der Waals surface area contributed by atoms with Gasteiger partial charge in [-0.3, -0.25) is 9.87 Å². The molecule has 0 saturated heterocycles. The molecule has 0 aliphatic carbocycles. The molecule has 12 nitrogen and oxygen atoms in total. The summed E-state index contributed by atoms with van der Waals surface area (Å²) in [7, 11) is -11.4. The fourth-order valence-electron chi connectivity index (χ4n) is 1.19. The maximum Gasteiger partial charge on any atom is 0.360 e. The zero-order valence-corrected chi connectivity index (χ0v) is 12.1. The molecule has 3 unspecified atom stereocenters. The lowest BCUT2D eigenvalue weighted by Crippen LogP contribution is -2.52. The molecule has 0 aliphatic heterocycles. The van der Waals surface area contributed by atoms with Crippen LogP contribution >= 0.6 is 15.5 Å². The molecule has 6 N–H and O–H groups in total. The molecule has 1 aromatic heterocycles. The first-order chi connectivity index (χ1) is 9.53. The van der Waals surface area contributed by atoms with Gasteiger partial charge >= 0.3 is 19.0 Å². The summed E-state index contributed by atoms with van der Waals surface area (Å²) in [5.41, 5.74) is 4.84. The lowest BCUT2D eigenvalue weighted by atomic mass is 10.6. The van der Waals surface area contributed by atoms with Crippen LogP contribution in [-0.4, -0.2) is 37.5 Å². The monoisotopic (exact) mass is 345 g/mol. The second kappa shape index (κ2) is 6.44.